The first-order chi connectivity index (χ1) is 7.08. The molecule has 1 aromatic rings. The average molecular weight is 227 g/mol. The van der Waals surface area contributed by atoms with Gasteiger partial charge >= 0.3 is 6.09 Å². The Balaban J connectivity index is 2.44. The lowest BCUT2D eigenvalue weighted by atomic mass is 10.3. The van der Waals surface area contributed by atoms with Crippen molar-refractivity contribution in [3.63, 3.8) is 0 Å². The molecular weight excluding hydrogens is 216 g/mol. The Morgan fingerprint density at radius 3 is 2.53 bits per heavy atom. The number of anilines is 1. The number of carbonyl (C=O) groups is 1. The highest BCUT2D eigenvalue weighted by Gasteiger charge is 2.02. The van der Waals surface area contributed by atoms with Crippen LogP contribution >= 0.6 is 11.6 Å². The summed E-state index contributed by atoms with van der Waals surface area (Å²) in [5, 5.41) is 3.11. The number of benzene rings is 1. The van der Waals surface area contributed by atoms with Gasteiger partial charge in [-0.25, -0.2) is 10.3 Å². The predicted molar refractivity (Wildman–Crippen MR) is 59.5 cm³/mol. The molecule has 1 rings (SSSR count). The fourth-order valence-electron chi connectivity index (χ4n) is 0.810. The number of carbonyl (C=O) groups excluding carboxylic acids is 1. The minimum Gasteiger partial charge on any atom is -0.324 e. The summed E-state index contributed by atoms with van der Waals surface area (Å²) < 4.78 is 0. The van der Waals surface area contributed by atoms with Crippen LogP contribution in [-0.2, 0) is 4.84 Å². The molecule has 15 heavy (non-hydrogen) atoms. The Morgan fingerprint density at radius 1 is 1.40 bits per heavy atom. The number of allylic oxidation sites excluding steroid dienone is 1. The van der Waals surface area contributed by atoms with Crippen molar-refractivity contribution < 1.29 is 9.63 Å². The van der Waals surface area contributed by atoms with Crippen molar-refractivity contribution >= 4 is 23.4 Å². The normalized spacial score (nSPS) is 9.20. The molecule has 0 fully saturated rings. The van der Waals surface area contributed by atoms with E-state index < -0.39 is 6.09 Å². The molecule has 0 saturated carbocycles. The van der Waals surface area contributed by atoms with Crippen LogP contribution in [0.1, 0.15) is 6.92 Å². The van der Waals surface area contributed by atoms with E-state index in [9.17, 15) is 4.79 Å². The Morgan fingerprint density at radius 2 is 2.00 bits per heavy atom. The van der Waals surface area contributed by atoms with E-state index >= 15 is 0 Å². The van der Waals surface area contributed by atoms with Gasteiger partial charge in [0.2, 0.25) is 0 Å². The molecule has 0 heterocycles. The first-order valence-corrected chi connectivity index (χ1v) is 4.60. The second-order valence-corrected chi connectivity index (χ2v) is 3.34. The van der Waals surface area contributed by atoms with Gasteiger partial charge in [0.15, 0.2) is 0 Å². The molecule has 0 aliphatic carbocycles. The van der Waals surface area contributed by atoms with Crippen LogP contribution in [0, 0.1) is 0 Å². The van der Waals surface area contributed by atoms with Gasteiger partial charge in [0, 0.05) is 16.4 Å². The predicted octanol–water partition coefficient (Wildman–Crippen LogP) is 2.93. The summed E-state index contributed by atoms with van der Waals surface area (Å²) in [6.45, 7) is 5.19. The lowest BCUT2D eigenvalue weighted by Crippen LogP contribution is -2.22. The van der Waals surface area contributed by atoms with Crippen molar-refractivity contribution in [2.75, 3.05) is 5.32 Å². The topological polar surface area (TPSA) is 50.4 Å². The number of hydrogen-bond acceptors (Lipinski definition) is 3. The largest absolute Gasteiger partial charge is 0.435 e. The monoisotopic (exact) mass is 226 g/mol. The van der Waals surface area contributed by atoms with E-state index in [1.165, 1.54) is 0 Å². The molecule has 1 aromatic carbocycles. The fraction of sp³-hybridized carbons (Fsp3) is 0.100. The van der Waals surface area contributed by atoms with Crippen LogP contribution in [0.2, 0.25) is 5.02 Å². The maximum absolute atomic E-state index is 11.1. The van der Waals surface area contributed by atoms with Crippen LogP contribution in [0.3, 0.4) is 0 Å². The molecule has 0 aliphatic rings. The zero-order valence-corrected chi connectivity index (χ0v) is 8.97. The summed E-state index contributed by atoms with van der Waals surface area (Å²) in [6, 6.07) is 6.68. The summed E-state index contributed by atoms with van der Waals surface area (Å²) in [6.07, 6.45) is -0.611. The first-order valence-electron chi connectivity index (χ1n) is 4.23. The standard InChI is InChI=1S/C10H11ClN2O2/c1-7(2)13-15-10(14)12-9-5-3-8(11)4-6-9/h3-6,13H,1H2,2H3,(H,12,14). The Kier molecular flexibility index (Phi) is 4.00. The van der Waals surface area contributed by atoms with Gasteiger partial charge in [-0.3, -0.25) is 5.32 Å². The smallest absolute Gasteiger partial charge is 0.324 e. The Labute approximate surface area is 92.8 Å². The second kappa shape index (κ2) is 5.26. The van der Waals surface area contributed by atoms with E-state index in [0.29, 0.717) is 16.4 Å². The SMILES string of the molecule is C=C(C)NOC(=O)Nc1ccc(Cl)cc1. The summed E-state index contributed by atoms with van der Waals surface area (Å²) in [4.78, 5) is 15.7. The fourth-order valence-corrected chi connectivity index (χ4v) is 0.936. The van der Waals surface area contributed by atoms with Crippen LogP contribution < -0.4 is 10.8 Å². The van der Waals surface area contributed by atoms with E-state index in [4.69, 9.17) is 11.6 Å². The van der Waals surface area contributed by atoms with Crippen molar-refractivity contribution in [3.05, 3.63) is 41.6 Å². The van der Waals surface area contributed by atoms with E-state index in [1.807, 2.05) is 0 Å². The summed E-state index contributed by atoms with van der Waals surface area (Å²) in [7, 11) is 0. The number of hydroxylamine groups is 1. The lowest BCUT2D eigenvalue weighted by Gasteiger charge is -2.07. The van der Waals surface area contributed by atoms with Gasteiger partial charge in [0.05, 0.1) is 0 Å². The van der Waals surface area contributed by atoms with Crippen LogP contribution in [0.5, 0.6) is 0 Å². The highest BCUT2D eigenvalue weighted by atomic mass is 35.5. The average Bonchev–Trinajstić information content (AvgIpc) is 2.19. The molecule has 4 nitrogen and oxygen atoms in total. The van der Waals surface area contributed by atoms with Gasteiger partial charge in [0.25, 0.3) is 0 Å². The molecule has 0 radical (unpaired) electrons. The molecule has 0 bridgehead atoms. The Hall–Kier alpha value is -1.68. The maximum Gasteiger partial charge on any atom is 0.435 e. The van der Waals surface area contributed by atoms with Crippen molar-refractivity contribution in [1.82, 2.24) is 5.48 Å². The molecule has 0 saturated heterocycles. The van der Waals surface area contributed by atoms with Gasteiger partial charge < -0.3 is 4.84 Å². The zero-order valence-electron chi connectivity index (χ0n) is 8.21. The molecule has 0 aromatic heterocycles. The quantitative estimate of drug-likeness (QED) is 0.780. The molecule has 0 unspecified atom stereocenters. The van der Waals surface area contributed by atoms with E-state index in [-0.39, 0.29) is 0 Å². The van der Waals surface area contributed by atoms with Gasteiger partial charge in [-0.15, -0.1) is 0 Å². The summed E-state index contributed by atoms with van der Waals surface area (Å²) in [5.41, 5.74) is 3.49. The third-order valence-electron chi connectivity index (χ3n) is 1.41. The third-order valence-corrected chi connectivity index (χ3v) is 1.66. The van der Waals surface area contributed by atoms with E-state index in [2.05, 4.69) is 22.2 Å². The van der Waals surface area contributed by atoms with Crippen molar-refractivity contribution in [2.24, 2.45) is 0 Å². The van der Waals surface area contributed by atoms with Gasteiger partial charge in [0.1, 0.15) is 0 Å². The number of nitrogens with one attached hydrogen (secondary N) is 2. The van der Waals surface area contributed by atoms with Crippen molar-refractivity contribution in [1.29, 1.82) is 0 Å². The molecule has 0 atom stereocenters. The van der Waals surface area contributed by atoms with Crippen LogP contribution in [0.4, 0.5) is 10.5 Å². The summed E-state index contributed by atoms with van der Waals surface area (Å²) in [5.74, 6) is 0. The van der Waals surface area contributed by atoms with Crippen LogP contribution in [0.15, 0.2) is 36.5 Å². The third kappa shape index (κ3) is 4.37. The molecule has 2 N–H and O–H groups in total. The van der Waals surface area contributed by atoms with Crippen molar-refractivity contribution in [2.45, 2.75) is 6.92 Å². The van der Waals surface area contributed by atoms with Gasteiger partial charge in [-0.1, -0.05) is 18.2 Å². The van der Waals surface area contributed by atoms with Crippen molar-refractivity contribution in [3.8, 4) is 0 Å². The van der Waals surface area contributed by atoms with Gasteiger partial charge in [-0.2, -0.15) is 0 Å². The van der Waals surface area contributed by atoms with Crippen LogP contribution in [-0.4, -0.2) is 6.09 Å². The number of halogens is 1. The van der Waals surface area contributed by atoms with E-state index in [1.54, 1.807) is 31.2 Å². The van der Waals surface area contributed by atoms with Crippen LogP contribution in [0.25, 0.3) is 0 Å². The van der Waals surface area contributed by atoms with E-state index in [0.717, 1.165) is 0 Å². The molecule has 0 aliphatic heterocycles. The lowest BCUT2D eigenvalue weighted by molar-refractivity contribution is 0.120. The highest BCUT2D eigenvalue weighted by Crippen LogP contribution is 2.13. The number of amides is 1. The minimum atomic E-state index is -0.611. The maximum atomic E-state index is 11.1. The molecule has 0 spiro atoms. The first kappa shape index (κ1) is 11.4. The van der Waals surface area contributed by atoms with Gasteiger partial charge in [-0.05, 0) is 31.2 Å². The number of hydrogen-bond donors (Lipinski definition) is 2. The molecule has 80 valence electrons. The highest BCUT2D eigenvalue weighted by molar-refractivity contribution is 6.30. The number of rotatable bonds is 3. The minimum absolute atomic E-state index is 0.543. The zero-order chi connectivity index (χ0) is 11.3. The second-order valence-electron chi connectivity index (χ2n) is 2.90. The summed E-state index contributed by atoms with van der Waals surface area (Å²) >= 11 is 5.68. The molecule has 1 amide bonds. The Bertz CT molecular complexity index is 362. The molecule has 5 heteroatoms. The molecular formula is C10H11ClN2O2.